The van der Waals surface area contributed by atoms with Crippen molar-refractivity contribution in [1.29, 1.82) is 0 Å². The van der Waals surface area contributed by atoms with Gasteiger partial charge in [-0.1, -0.05) is 0 Å². The molecule has 0 N–H and O–H groups in total. The molecule has 2 aliphatic rings. The normalized spacial score (nSPS) is 19.7. The molecule has 0 bridgehead atoms. The molecule has 0 radical (unpaired) electrons. The van der Waals surface area contributed by atoms with Gasteiger partial charge in [-0.05, 0) is 0 Å². The van der Waals surface area contributed by atoms with E-state index >= 15 is 0 Å². The number of fused-ring (bicyclic) bond motifs is 2. The van der Waals surface area contributed by atoms with E-state index in [1.54, 1.807) is 0 Å². The Bertz CT molecular complexity index is 1600. The number of halogens is 2. The molecule has 0 nitrogen and oxygen atoms in total. The molecule has 42 heavy (non-hydrogen) atoms. The number of hydrogen-bond donors (Lipinski definition) is 0. The van der Waals surface area contributed by atoms with E-state index in [0.29, 0.717) is 0 Å². The van der Waals surface area contributed by atoms with Crippen LogP contribution in [0.25, 0.3) is 34.4 Å². The first kappa shape index (κ1) is 30.1. The van der Waals surface area contributed by atoms with Gasteiger partial charge in [-0.25, -0.2) is 0 Å². The van der Waals surface area contributed by atoms with Gasteiger partial charge in [0.1, 0.15) is 0 Å². The molecular formula is C38H42Cl2SiZr. The molecule has 0 heterocycles. The predicted octanol–water partition coefficient (Wildman–Crippen LogP) is 11.9. The zero-order valence-electron chi connectivity index (χ0n) is 25.3. The van der Waals surface area contributed by atoms with E-state index in [4.69, 9.17) is 17.0 Å². The molecule has 0 aliphatic heterocycles. The second kappa shape index (κ2) is 10.9. The topological polar surface area (TPSA) is 0 Å². The van der Waals surface area contributed by atoms with E-state index in [-0.39, 0.29) is 7.25 Å². The molecule has 6 rings (SSSR count). The zero-order chi connectivity index (χ0) is 29.6. The summed E-state index contributed by atoms with van der Waals surface area (Å²) in [6, 6.07) is 36.5. The van der Waals surface area contributed by atoms with Crippen LogP contribution >= 0.6 is 17.0 Å². The van der Waals surface area contributed by atoms with Crippen LogP contribution in [-0.4, -0.2) is 6.65 Å². The van der Waals surface area contributed by atoms with Crippen molar-refractivity contribution in [3.63, 3.8) is 0 Å². The van der Waals surface area contributed by atoms with E-state index in [1.807, 2.05) is 0 Å². The Morgan fingerprint density at radius 3 is 1.36 bits per heavy atom. The third kappa shape index (κ3) is 4.39. The quantitative estimate of drug-likeness (QED) is 0.154. The number of rotatable bonds is 9. The van der Waals surface area contributed by atoms with Gasteiger partial charge < -0.3 is 0 Å². The fraction of sp³-hybridized carbons (Fsp3) is 0.263. The molecule has 0 saturated carbocycles. The molecule has 4 aromatic carbocycles. The molecule has 2 atom stereocenters. The van der Waals surface area contributed by atoms with Gasteiger partial charge in [0.15, 0.2) is 0 Å². The summed E-state index contributed by atoms with van der Waals surface area (Å²) in [6.45, 7) is 8.42. The third-order valence-electron chi connectivity index (χ3n) is 10.7. The van der Waals surface area contributed by atoms with Crippen LogP contribution in [0.3, 0.4) is 0 Å². The van der Waals surface area contributed by atoms with Gasteiger partial charge in [0.05, 0.1) is 0 Å². The first-order valence-corrected chi connectivity index (χ1v) is 33.6. The average molecular weight is 689 g/mol. The SMILES string of the molecule is CC[SiH2][Zr]([Cl])([Cl])([CH2]C)([CH]1C(CC)=Cc2c(-c3ccccc3)cccc21)[CH]1C(CC)=Cc2c(-c3ccccc3)cccc21. The Morgan fingerprint density at radius 2 is 1.00 bits per heavy atom. The van der Waals surface area contributed by atoms with E-state index in [1.165, 1.54) is 55.7 Å². The van der Waals surface area contributed by atoms with Crippen molar-refractivity contribution in [2.24, 2.45) is 0 Å². The standard InChI is InChI=1S/2C17H15.C2H7Si.C2H5.2ClH.Zr/c2*1-2-13-11-15-9-6-10-16(17(15)12-13)14-7-4-3-5-8-14;1-2-3;1-2;;;/h2*3-12H,2H2,1H3;2-3H2,1H3;1H2,2H3;2*1H;/q;;;;;;+2/p-2. The van der Waals surface area contributed by atoms with Crippen LogP contribution in [0, 0.1) is 0 Å². The fourth-order valence-electron chi connectivity index (χ4n) is 8.85. The molecule has 4 heteroatoms. The summed E-state index contributed by atoms with van der Waals surface area (Å²) in [4.78, 5) is 0. The minimum absolute atomic E-state index is 0.112. The summed E-state index contributed by atoms with van der Waals surface area (Å²) in [5, 5.41) is 0. The molecule has 0 amide bonds. The second-order valence-corrected chi connectivity index (χ2v) is 65.8. The minimum atomic E-state index is -5.32. The second-order valence-electron chi connectivity index (χ2n) is 12.7. The Morgan fingerprint density at radius 1 is 0.571 bits per heavy atom. The van der Waals surface area contributed by atoms with Gasteiger partial charge in [-0.2, -0.15) is 0 Å². The molecule has 0 aromatic heterocycles. The first-order chi connectivity index (χ1) is 20.2. The van der Waals surface area contributed by atoms with Crippen molar-refractivity contribution >= 4 is 35.8 Å². The summed E-state index contributed by atoms with van der Waals surface area (Å²) in [6.07, 6.45) is 6.89. The van der Waals surface area contributed by atoms with Crippen molar-refractivity contribution in [2.75, 3.05) is 0 Å². The van der Waals surface area contributed by atoms with E-state index in [9.17, 15) is 0 Å². The molecule has 0 saturated heterocycles. The monoisotopic (exact) mass is 686 g/mol. The Hall–Kier alpha value is -1.96. The van der Waals surface area contributed by atoms with Gasteiger partial charge in [-0.15, -0.1) is 0 Å². The maximum atomic E-state index is 8.90. The number of benzene rings is 4. The van der Waals surface area contributed by atoms with Crippen LogP contribution < -0.4 is 0 Å². The molecule has 4 aromatic rings. The maximum absolute atomic E-state index is 8.90. The summed E-state index contributed by atoms with van der Waals surface area (Å²) >= 11 is -5.32. The fourth-order valence-corrected chi connectivity index (χ4v) is 60.8. The van der Waals surface area contributed by atoms with E-state index in [2.05, 4.69) is 137 Å². The Kier molecular flexibility index (Phi) is 7.80. The molecule has 2 aliphatic carbocycles. The van der Waals surface area contributed by atoms with Gasteiger partial charge in [0.25, 0.3) is 0 Å². The van der Waals surface area contributed by atoms with Crippen LogP contribution in [0.15, 0.2) is 108 Å². The van der Waals surface area contributed by atoms with Crippen LogP contribution in [0.2, 0.25) is 10.2 Å². The number of hydrogen-bond acceptors (Lipinski definition) is 0. The van der Waals surface area contributed by atoms with Gasteiger partial charge in [0, 0.05) is 0 Å². The molecule has 0 spiro atoms. The summed E-state index contributed by atoms with van der Waals surface area (Å²) in [5.41, 5.74) is 13.4. The van der Waals surface area contributed by atoms with Crippen molar-refractivity contribution in [1.82, 2.24) is 0 Å². The van der Waals surface area contributed by atoms with Crippen LogP contribution in [0.5, 0.6) is 0 Å². The summed E-state index contributed by atoms with van der Waals surface area (Å²) < 4.78 is 1.11. The van der Waals surface area contributed by atoms with Gasteiger partial charge >= 0.3 is 261 Å². The summed E-state index contributed by atoms with van der Waals surface area (Å²) in [7, 11) is 17.8. The third-order valence-corrected chi connectivity index (χ3v) is 64.4. The molecular weight excluding hydrogens is 647 g/mol. The van der Waals surface area contributed by atoms with E-state index in [0.717, 1.165) is 23.0 Å². The van der Waals surface area contributed by atoms with Crippen molar-refractivity contribution in [3.8, 4) is 22.3 Å². The zero-order valence-corrected chi connectivity index (χ0v) is 30.7. The first-order valence-electron chi connectivity index (χ1n) is 15.8. The van der Waals surface area contributed by atoms with E-state index < -0.39 is 20.7 Å². The van der Waals surface area contributed by atoms with Crippen molar-refractivity contribution in [3.05, 3.63) is 130 Å². The molecule has 0 fully saturated rings. The van der Waals surface area contributed by atoms with Crippen molar-refractivity contribution in [2.45, 2.75) is 58.0 Å². The number of allylic oxidation sites excluding steroid dienone is 2. The Labute approximate surface area is 258 Å². The average Bonchev–Trinajstić information content (AvgIpc) is 3.63. The van der Waals surface area contributed by atoms with Gasteiger partial charge in [-0.3, -0.25) is 0 Å². The van der Waals surface area contributed by atoms with Crippen LogP contribution in [-0.2, 0) is 14.1 Å². The van der Waals surface area contributed by atoms with Crippen molar-refractivity contribution < 1.29 is 14.1 Å². The van der Waals surface area contributed by atoms with Crippen LogP contribution in [0.1, 0.15) is 70.0 Å². The summed E-state index contributed by atoms with van der Waals surface area (Å²) in [5.74, 6) is 0. The molecule has 2 unspecified atom stereocenters. The Balaban J connectivity index is 1.65. The predicted molar refractivity (Wildman–Crippen MR) is 187 cm³/mol. The van der Waals surface area contributed by atoms with Crippen LogP contribution in [0.4, 0.5) is 0 Å². The van der Waals surface area contributed by atoms with Gasteiger partial charge in [0.2, 0.25) is 0 Å². The molecule has 216 valence electrons.